The molecule has 0 atom stereocenters. The quantitative estimate of drug-likeness (QED) is 0.462. The van der Waals surface area contributed by atoms with Crippen molar-refractivity contribution < 1.29 is 19.2 Å². The Hall–Kier alpha value is -2.91. The number of urea groups is 1. The van der Waals surface area contributed by atoms with Gasteiger partial charge in [-0.1, -0.05) is 0 Å². The van der Waals surface area contributed by atoms with Gasteiger partial charge in [0.2, 0.25) is 0 Å². The average molecular weight is 323 g/mol. The Morgan fingerprint density at radius 1 is 1.48 bits per heavy atom. The average Bonchev–Trinajstić information content (AvgIpc) is 2.73. The number of carbonyl (C=O) groups is 2. The van der Waals surface area contributed by atoms with Crippen molar-refractivity contribution in [3.05, 3.63) is 32.8 Å². The van der Waals surface area contributed by atoms with Gasteiger partial charge in [-0.15, -0.1) is 0 Å². The van der Waals surface area contributed by atoms with Crippen molar-refractivity contribution in [2.24, 2.45) is 0 Å². The number of esters is 1. The smallest absolute Gasteiger partial charge is 0.337 e. The summed E-state index contributed by atoms with van der Waals surface area (Å²) in [6.45, 7) is 5.03. The zero-order valence-corrected chi connectivity index (χ0v) is 13.0. The number of hydrogen-bond acceptors (Lipinski definition) is 6. The molecule has 2 rings (SSSR count). The minimum Gasteiger partial charge on any atom is -0.463 e. The summed E-state index contributed by atoms with van der Waals surface area (Å²) in [5.41, 5.74) is 1.11. The lowest BCUT2D eigenvalue weighted by molar-refractivity contribution is -0.386. The molecule has 0 fully saturated rings. The highest BCUT2D eigenvalue weighted by Crippen LogP contribution is 2.23. The maximum atomic E-state index is 12.0. The second-order valence-corrected chi connectivity index (χ2v) is 4.92. The summed E-state index contributed by atoms with van der Waals surface area (Å²) < 4.78 is 6.34. The molecule has 2 heterocycles. The summed E-state index contributed by atoms with van der Waals surface area (Å²) in [6.07, 6.45) is 0. The molecule has 2 amide bonds. The van der Waals surface area contributed by atoms with Crippen LogP contribution in [0, 0.1) is 24.0 Å². The third-order valence-electron chi connectivity index (χ3n) is 3.41. The maximum absolute atomic E-state index is 12.0. The molecule has 0 unspecified atom stereocenters. The first-order chi connectivity index (χ1) is 10.8. The Balaban J connectivity index is 2.38. The Morgan fingerprint density at radius 2 is 2.17 bits per heavy atom. The topological polar surface area (TPSA) is 128 Å². The van der Waals surface area contributed by atoms with E-state index >= 15 is 0 Å². The number of amides is 2. The number of aromatic nitrogens is 2. The summed E-state index contributed by atoms with van der Waals surface area (Å²) in [4.78, 5) is 34.0. The van der Waals surface area contributed by atoms with E-state index in [1.165, 1.54) is 11.6 Å². The van der Waals surface area contributed by atoms with E-state index in [4.69, 9.17) is 4.74 Å². The first-order valence-electron chi connectivity index (χ1n) is 6.97. The van der Waals surface area contributed by atoms with Gasteiger partial charge >= 0.3 is 17.7 Å². The first kappa shape index (κ1) is 16.5. The molecule has 10 nitrogen and oxygen atoms in total. The fourth-order valence-corrected chi connectivity index (χ4v) is 2.34. The highest BCUT2D eigenvalue weighted by molar-refractivity contribution is 5.93. The van der Waals surface area contributed by atoms with Crippen LogP contribution in [-0.2, 0) is 16.1 Å². The molecule has 124 valence electrons. The lowest BCUT2D eigenvalue weighted by Crippen LogP contribution is -2.45. The van der Waals surface area contributed by atoms with Crippen LogP contribution in [0.4, 0.5) is 10.5 Å². The van der Waals surface area contributed by atoms with Crippen LogP contribution in [0.3, 0.4) is 0 Å². The number of rotatable bonds is 5. The van der Waals surface area contributed by atoms with E-state index in [2.05, 4.69) is 15.7 Å². The van der Waals surface area contributed by atoms with E-state index in [9.17, 15) is 19.7 Å². The number of nitrogens with zero attached hydrogens (tertiary/aromatic N) is 3. The standard InChI is InChI=1S/C13H17N5O5/c1-4-23-12(19)9-5-14-13(20)15-10(9)6-17-8(3)11(18(21)22)7(2)16-17/h4-6H2,1-3H3,(H2,14,15,20). The predicted octanol–water partition coefficient (Wildman–Crippen LogP) is 0.538. The van der Waals surface area contributed by atoms with Gasteiger partial charge in [0.1, 0.15) is 11.4 Å². The molecular weight excluding hydrogens is 306 g/mol. The van der Waals surface area contributed by atoms with Gasteiger partial charge in [-0.2, -0.15) is 5.10 Å². The van der Waals surface area contributed by atoms with Gasteiger partial charge in [-0.3, -0.25) is 14.8 Å². The fourth-order valence-electron chi connectivity index (χ4n) is 2.34. The molecule has 23 heavy (non-hydrogen) atoms. The third-order valence-corrected chi connectivity index (χ3v) is 3.41. The molecule has 0 aliphatic carbocycles. The molecule has 0 spiro atoms. The van der Waals surface area contributed by atoms with Crippen molar-refractivity contribution in [1.82, 2.24) is 20.4 Å². The molecule has 1 aliphatic heterocycles. The van der Waals surface area contributed by atoms with E-state index in [1.807, 2.05) is 0 Å². The van der Waals surface area contributed by atoms with E-state index in [-0.39, 0.29) is 36.7 Å². The first-order valence-corrected chi connectivity index (χ1v) is 6.97. The summed E-state index contributed by atoms with van der Waals surface area (Å²) in [6, 6.07) is -0.455. The third kappa shape index (κ3) is 3.30. The molecule has 0 bridgehead atoms. The van der Waals surface area contributed by atoms with E-state index < -0.39 is 16.9 Å². The molecule has 1 aliphatic rings. The Morgan fingerprint density at radius 3 is 2.74 bits per heavy atom. The van der Waals surface area contributed by atoms with Gasteiger partial charge in [-0.05, 0) is 20.8 Å². The molecule has 2 N–H and O–H groups in total. The van der Waals surface area contributed by atoms with Crippen molar-refractivity contribution in [3.63, 3.8) is 0 Å². The molecule has 1 aromatic rings. The highest BCUT2D eigenvalue weighted by Gasteiger charge is 2.27. The zero-order chi connectivity index (χ0) is 17.1. The van der Waals surface area contributed by atoms with Gasteiger partial charge < -0.3 is 15.4 Å². The number of ether oxygens (including phenoxy) is 1. The SMILES string of the molecule is CCOC(=O)C1=C(Cn2nc(C)c([N+](=O)[O-])c2C)NC(=O)NC1. The zero-order valence-electron chi connectivity index (χ0n) is 13.0. The van der Waals surface area contributed by atoms with E-state index in [0.29, 0.717) is 11.4 Å². The number of allylic oxidation sites excluding steroid dienone is 1. The summed E-state index contributed by atoms with van der Waals surface area (Å²) in [5, 5.41) is 20.2. The Kier molecular flexibility index (Phi) is 4.63. The normalized spacial score (nSPS) is 14.3. The van der Waals surface area contributed by atoms with Crippen LogP contribution < -0.4 is 10.6 Å². The van der Waals surface area contributed by atoms with Crippen LogP contribution in [0.15, 0.2) is 11.3 Å². The minimum atomic E-state index is -0.550. The van der Waals surface area contributed by atoms with E-state index in [0.717, 1.165) is 0 Å². The fraction of sp³-hybridized carbons (Fsp3) is 0.462. The monoisotopic (exact) mass is 323 g/mol. The van der Waals surface area contributed by atoms with Crippen molar-refractivity contribution in [3.8, 4) is 0 Å². The molecule has 0 saturated carbocycles. The maximum Gasteiger partial charge on any atom is 0.337 e. The second kappa shape index (κ2) is 6.46. The number of aryl methyl sites for hydroxylation is 1. The number of hydrogen-bond donors (Lipinski definition) is 2. The largest absolute Gasteiger partial charge is 0.463 e. The van der Waals surface area contributed by atoms with Crippen LogP contribution in [0.5, 0.6) is 0 Å². The van der Waals surface area contributed by atoms with Crippen LogP contribution in [-0.4, -0.2) is 39.9 Å². The van der Waals surface area contributed by atoms with Crippen molar-refractivity contribution in [2.75, 3.05) is 13.2 Å². The van der Waals surface area contributed by atoms with Gasteiger partial charge in [-0.25, -0.2) is 9.59 Å². The number of nitrogens with one attached hydrogen (secondary N) is 2. The summed E-state index contributed by atoms with van der Waals surface area (Å²) in [7, 11) is 0. The van der Waals surface area contributed by atoms with Crippen molar-refractivity contribution >= 4 is 17.7 Å². The predicted molar refractivity (Wildman–Crippen MR) is 78.5 cm³/mol. The summed E-state index contributed by atoms with van der Waals surface area (Å²) >= 11 is 0. The van der Waals surface area contributed by atoms with Gasteiger partial charge in [0.15, 0.2) is 0 Å². The van der Waals surface area contributed by atoms with E-state index in [1.54, 1.807) is 13.8 Å². The van der Waals surface area contributed by atoms with Gasteiger partial charge in [0.05, 0.1) is 35.9 Å². The minimum absolute atomic E-state index is 0.0292. The van der Waals surface area contributed by atoms with Crippen LogP contribution in [0.25, 0.3) is 0 Å². The van der Waals surface area contributed by atoms with Crippen molar-refractivity contribution in [2.45, 2.75) is 27.3 Å². The molecule has 0 aromatic carbocycles. The summed E-state index contributed by atoms with van der Waals surface area (Å²) in [5.74, 6) is -0.550. The second-order valence-electron chi connectivity index (χ2n) is 4.92. The Bertz CT molecular complexity index is 706. The van der Waals surface area contributed by atoms with Gasteiger partial charge in [0, 0.05) is 0 Å². The number of nitro groups is 1. The number of carbonyl (C=O) groups excluding carboxylic acids is 2. The van der Waals surface area contributed by atoms with Crippen LogP contribution in [0.1, 0.15) is 18.3 Å². The van der Waals surface area contributed by atoms with Crippen molar-refractivity contribution in [1.29, 1.82) is 0 Å². The van der Waals surface area contributed by atoms with Gasteiger partial charge in [0.25, 0.3) is 0 Å². The lowest BCUT2D eigenvalue weighted by atomic mass is 10.1. The highest BCUT2D eigenvalue weighted by atomic mass is 16.6. The lowest BCUT2D eigenvalue weighted by Gasteiger charge is -2.21. The van der Waals surface area contributed by atoms with Crippen LogP contribution >= 0.6 is 0 Å². The Labute approximate surface area is 131 Å². The molecule has 0 radical (unpaired) electrons. The molecular formula is C13H17N5O5. The molecule has 1 aromatic heterocycles. The van der Waals surface area contributed by atoms with Crippen LogP contribution in [0.2, 0.25) is 0 Å². The molecule has 0 saturated heterocycles. The molecule has 10 heteroatoms.